The molecule has 0 heterocycles. The van der Waals surface area contributed by atoms with E-state index in [4.69, 9.17) is 23.2 Å². The van der Waals surface area contributed by atoms with Crippen molar-refractivity contribution in [3.05, 3.63) is 64.1 Å². The van der Waals surface area contributed by atoms with Gasteiger partial charge in [-0.2, -0.15) is 0 Å². The second kappa shape index (κ2) is 13.5. The van der Waals surface area contributed by atoms with Gasteiger partial charge in [-0.1, -0.05) is 67.2 Å². The topological polar surface area (TPSA) is 86.8 Å². The zero-order chi connectivity index (χ0) is 27.0. The minimum absolute atomic E-state index is 0.0907. The highest BCUT2D eigenvalue weighted by Crippen LogP contribution is 2.25. The summed E-state index contributed by atoms with van der Waals surface area (Å²) in [6.45, 7) is 2.23. The number of hydrogen-bond acceptors (Lipinski definition) is 4. The molecule has 0 aromatic heterocycles. The van der Waals surface area contributed by atoms with Gasteiger partial charge in [0.25, 0.3) is 0 Å². The molecular weight excluding hydrogens is 533 g/mol. The number of para-hydroxylation sites is 1. The van der Waals surface area contributed by atoms with E-state index < -0.39 is 16.1 Å². The Labute approximate surface area is 230 Å². The second-order valence-corrected chi connectivity index (χ2v) is 12.2. The predicted molar refractivity (Wildman–Crippen MR) is 149 cm³/mol. The number of carbonyl (C=O) groups excluding carboxylic acids is 2. The van der Waals surface area contributed by atoms with Crippen LogP contribution < -0.4 is 9.62 Å². The quantitative estimate of drug-likeness (QED) is 0.371. The fraction of sp³-hybridized carbons (Fsp3) is 0.481. The van der Waals surface area contributed by atoms with Crippen LogP contribution in [-0.2, 0) is 26.2 Å². The van der Waals surface area contributed by atoms with Gasteiger partial charge in [0.2, 0.25) is 21.8 Å². The summed E-state index contributed by atoms with van der Waals surface area (Å²) in [4.78, 5) is 28.4. The second-order valence-electron chi connectivity index (χ2n) is 9.46. The van der Waals surface area contributed by atoms with E-state index in [2.05, 4.69) is 5.32 Å². The summed E-state index contributed by atoms with van der Waals surface area (Å²) >= 11 is 12.3. The molecule has 1 aliphatic rings. The third kappa shape index (κ3) is 8.35. The molecule has 0 unspecified atom stereocenters. The van der Waals surface area contributed by atoms with Crippen LogP contribution in [0.15, 0.2) is 48.5 Å². The number of sulfonamides is 1. The highest BCUT2D eigenvalue weighted by Gasteiger charge is 2.30. The van der Waals surface area contributed by atoms with Crippen LogP contribution in [0.25, 0.3) is 0 Å². The minimum atomic E-state index is -3.52. The Bertz CT molecular complexity index is 1170. The average molecular weight is 569 g/mol. The Balaban J connectivity index is 1.76. The van der Waals surface area contributed by atoms with Crippen LogP contribution >= 0.6 is 23.2 Å². The van der Waals surface area contributed by atoms with Crippen LogP contribution in [0.1, 0.15) is 57.4 Å². The van der Waals surface area contributed by atoms with Crippen LogP contribution in [0.4, 0.5) is 5.69 Å². The Morgan fingerprint density at radius 1 is 1.05 bits per heavy atom. The lowest BCUT2D eigenvalue weighted by atomic mass is 10.1. The van der Waals surface area contributed by atoms with E-state index in [0.29, 0.717) is 28.6 Å². The van der Waals surface area contributed by atoms with Gasteiger partial charge >= 0.3 is 0 Å². The van der Waals surface area contributed by atoms with E-state index in [1.54, 1.807) is 47.4 Å². The van der Waals surface area contributed by atoms with Crippen molar-refractivity contribution in [2.24, 2.45) is 0 Å². The summed E-state index contributed by atoms with van der Waals surface area (Å²) in [7, 11) is -3.52. The van der Waals surface area contributed by atoms with E-state index in [-0.39, 0.29) is 37.4 Å². The number of nitrogens with zero attached hydrogens (tertiary/aromatic N) is 2. The fourth-order valence-electron chi connectivity index (χ4n) is 4.72. The lowest BCUT2D eigenvalue weighted by Crippen LogP contribution is -2.51. The van der Waals surface area contributed by atoms with Crippen LogP contribution in [0.5, 0.6) is 0 Å². The molecule has 37 heavy (non-hydrogen) atoms. The molecule has 0 bridgehead atoms. The lowest BCUT2D eigenvalue weighted by molar-refractivity contribution is -0.141. The highest BCUT2D eigenvalue weighted by molar-refractivity contribution is 7.92. The number of anilines is 1. The molecule has 1 aliphatic carbocycles. The summed E-state index contributed by atoms with van der Waals surface area (Å²) in [5.74, 6) is -0.383. The molecule has 10 heteroatoms. The van der Waals surface area contributed by atoms with Crippen LogP contribution in [0.3, 0.4) is 0 Å². The normalized spacial score (nSPS) is 14.8. The summed E-state index contributed by atoms with van der Waals surface area (Å²) in [6.07, 6.45) is 6.07. The van der Waals surface area contributed by atoms with Crippen LogP contribution in [0, 0.1) is 0 Å². The first-order valence-electron chi connectivity index (χ1n) is 12.7. The van der Waals surface area contributed by atoms with E-state index in [9.17, 15) is 18.0 Å². The largest absolute Gasteiger partial charge is 0.352 e. The van der Waals surface area contributed by atoms with Crippen molar-refractivity contribution in [3.63, 3.8) is 0 Å². The summed E-state index contributed by atoms with van der Waals surface area (Å²) in [5, 5.41) is 3.91. The van der Waals surface area contributed by atoms with Gasteiger partial charge < -0.3 is 10.2 Å². The Morgan fingerprint density at radius 2 is 1.73 bits per heavy atom. The maximum absolute atomic E-state index is 13.5. The van der Waals surface area contributed by atoms with Crippen molar-refractivity contribution >= 4 is 50.7 Å². The van der Waals surface area contributed by atoms with E-state index in [0.717, 1.165) is 37.5 Å². The molecule has 1 N–H and O–H groups in total. The van der Waals surface area contributed by atoms with Gasteiger partial charge in [0.15, 0.2) is 0 Å². The number of halogens is 2. The third-order valence-corrected chi connectivity index (χ3v) is 8.55. The van der Waals surface area contributed by atoms with Gasteiger partial charge in [-0.15, -0.1) is 0 Å². The molecule has 2 aromatic rings. The van der Waals surface area contributed by atoms with Crippen molar-refractivity contribution in [3.8, 4) is 0 Å². The van der Waals surface area contributed by atoms with Gasteiger partial charge in [-0.3, -0.25) is 13.9 Å². The first-order chi connectivity index (χ1) is 17.6. The highest BCUT2D eigenvalue weighted by atomic mass is 35.5. The third-order valence-electron chi connectivity index (χ3n) is 6.62. The molecule has 1 saturated carbocycles. The van der Waals surface area contributed by atoms with Crippen LogP contribution in [0.2, 0.25) is 10.0 Å². The van der Waals surface area contributed by atoms with Gasteiger partial charge in [0, 0.05) is 25.6 Å². The minimum Gasteiger partial charge on any atom is -0.352 e. The molecule has 1 atom stereocenters. The molecular formula is C27H35Cl2N3O4S. The molecule has 0 radical (unpaired) electrons. The average Bonchev–Trinajstić information content (AvgIpc) is 3.36. The first-order valence-corrected chi connectivity index (χ1v) is 15.3. The molecule has 0 aliphatic heterocycles. The molecule has 3 rings (SSSR count). The van der Waals surface area contributed by atoms with E-state index in [1.807, 2.05) is 13.0 Å². The van der Waals surface area contributed by atoms with Gasteiger partial charge in [0.1, 0.15) is 6.04 Å². The van der Waals surface area contributed by atoms with E-state index in [1.165, 1.54) is 4.31 Å². The van der Waals surface area contributed by atoms with E-state index >= 15 is 0 Å². The number of amides is 2. The molecule has 2 aromatic carbocycles. The van der Waals surface area contributed by atoms with Crippen molar-refractivity contribution in [1.29, 1.82) is 0 Å². The van der Waals surface area contributed by atoms with Gasteiger partial charge in [0.05, 0.1) is 22.0 Å². The number of rotatable bonds is 12. The molecule has 2 amide bonds. The zero-order valence-electron chi connectivity index (χ0n) is 21.3. The maximum atomic E-state index is 13.5. The predicted octanol–water partition coefficient (Wildman–Crippen LogP) is 5.41. The van der Waals surface area contributed by atoms with Crippen LogP contribution in [-0.4, -0.2) is 50.0 Å². The molecule has 202 valence electrons. The SMILES string of the molecule is CC[C@@H](C(=O)NC1CCCC1)N(Cc1ccc(Cl)c(Cl)c1)C(=O)CCCN(c1ccccc1)S(C)(=O)=O. The van der Waals surface area contributed by atoms with Gasteiger partial charge in [-0.05, 0) is 55.5 Å². The lowest BCUT2D eigenvalue weighted by Gasteiger charge is -2.32. The Hall–Kier alpha value is -2.29. The Morgan fingerprint density at radius 3 is 2.32 bits per heavy atom. The monoisotopic (exact) mass is 567 g/mol. The molecule has 0 spiro atoms. The van der Waals surface area contributed by atoms with Crippen molar-refractivity contribution in [2.45, 2.75) is 70.5 Å². The number of hydrogen-bond donors (Lipinski definition) is 1. The standard InChI is InChI=1S/C27H35Cl2N3O4S/c1-3-25(27(34)30-21-10-7-8-11-21)31(19-20-15-16-23(28)24(29)18-20)26(33)14-9-17-32(37(2,35)36)22-12-5-4-6-13-22/h4-6,12-13,15-16,18,21,25H,3,7-11,14,17,19H2,1-2H3,(H,30,34)/t25-/m0/s1. The number of benzene rings is 2. The maximum Gasteiger partial charge on any atom is 0.243 e. The zero-order valence-corrected chi connectivity index (χ0v) is 23.7. The van der Waals surface area contributed by atoms with Gasteiger partial charge in [-0.25, -0.2) is 8.42 Å². The summed E-state index contributed by atoms with van der Waals surface area (Å²) in [6, 6.07) is 13.4. The molecule has 1 fully saturated rings. The molecule has 7 nitrogen and oxygen atoms in total. The summed E-state index contributed by atoms with van der Waals surface area (Å²) in [5.41, 5.74) is 1.31. The smallest absolute Gasteiger partial charge is 0.243 e. The van der Waals surface area contributed by atoms with Crippen molar-refractivity contribution < 1.29 is 18.0 Å². The fourth-order valence-corrected chi connectivity index (χ4v) is 6.01. The van der Waals surface area contributed by atoms with Crippen molar-refractivity contribution in [2.75, 3.05) is 17.1 Å². The first kappa shape index (κ1) is 29.3. The number of carbonyl (C=O) groups is 2. The molecule has 0 saturated heterocycles. The summed E-state index contributed by atoms with van der Waals surface area (Å²) < 4.78 is 26.1. The Kier molecular flexibility index (Phi) is 10.7. The van der Waals surface area contributed by atoms with Crippen molar-refractivity contribution in [1.82, 2.24) is 10.2 Å². The number of nitrogens with one attached hydrogen (secondary N) is 1.